The molecule has 0 fully saturated rings. The van der Waals surface area contributed by atoms with Crippen molar-refractivity contribution in [3.63, 3.8) is 0 Å². The molecule has 0 saturated carbocycles. The average molecular weight is 194 g/mol. The Hall–Kier alpha value is -1.45. The van der Waals surface area contributed by atoms with Crippen molar-refractivity contribution in [2.24, 2.45) is 0 Å². The zero-order valence-electron chi connectivity index (χ0n) is 8.87. The molecule has 0 aliphatic carbocycles. The Bertz CT molecular complexity index is 342. The number of nitrogens with zero attached hydrogens (tertiary/aromatic N) is 2. The maximum atomic E-state index is 11.4. The molecule has 1 aromatic rings. The van der Waals surface area contributed by atoms with Gasteiger partial charge in [-0.15, -0.1) is 0 Å². The molecule has 14 heavy (non-hydrogen) atoms. The Labute approximate surface area is 83.3 Å². The zero-order chi connectivity index (χ0) is 10.8. The van der Waals surface area contributed by atoms with Crippen LogP contribution in [-0.2, 0) is 10.2 Å². The fraction of sp³-hybridized carbons (Fsp3) is 0.500. The number of methoxy groups -OCH3 is 1. The van der Waals surface area contributed by atoms with E-state index in [-0.39, 0.29) is 5.41 Å². The van der Waals surface area contributed by atoms with Gasteiger partial charge in [0.2, 0.25) is 0 Å². The van der Waals surface area contributed by atoms with E-state index in [1.807, 2.05) is 20.8 Å². The first-order valence-electron chi connectivity index (χ1n) is 4.35. The molecule has 0 amide bonds. The van der Waals surface area contributed by atoms with Crippen molar-refractivity contribution < 1.29 is 9.53 Å². The Morgan fingerprint density at radius 1 is 1.43 bits per heavy atom. The number of hydrogen-bond donors (Lipinski definition) is 0. The van der Waals surface area contributed by atoms with E-state index in [0.29, 0.717) is 5.69 Å². The molecule has 0 aromatic carbocycles. The molecule has 1 heterocycles. The Balaban J connectivity index is 3.23. The number of rotatable bonds is 1. The van der Waals surface area contributed by atoms with E-state index in [1.165, 1.54) is 13.4 Å². The molecule has 4 nitrogen and oxygen atoms in total. The van der Waals surface area contributed by atoms with Crippen LogP contribution in [0.25, 0.3) is 0 Å². The molecule has 0 aliphatic heterocycles. The number of carbonyl (C=O) groups excluding carboxylic acids is 1. The number of ether oxygens (including phenoxy) is 1. The summed E-state index contributed by atoms with van der Waals surface area (Å²) in [6, 6.07) is 0. The Kier molecular flexibility index (Phi) is 2.84. The normalized spacial score (nSPS) is 11.1. The van der Waals surface area contributed by atoms with E-state index < -0.39 is 5.97 Å². The van der Waals surface area contributed by atoms with Gasteiger partial charge >= 0.3 is 5.97 Å². The van der Waals surface area contributed by atoms with Gasteiger partial charge < -0.3 is 4.74 Å². The van der Waals surface area contributed by atoms with Crippen molar-refractivity contribution in [2.45, 2.75) is 26.2 Å². The summed E-state index contributed by atoms with van der Waals surface area (Å²) < 4.78 is 4.64. The first kappa shape index (κ1) is 10.6. The Morgan fingerprint density at radius 2 is 2.07 bits per heavy atom. The summed E-state index contributed by atoms with van der Waals surface area (Å²) in [5.74, 6) is -0.419. The topological polar surface area (TPSA) is 52.1 Å². The fourth-order valence-electron chi connectivity index (χ4n) is 1.14. The highest BCUT2D eigenvalue weighted by Crippen LogP contribution is 2.23. The largest absolute Gasteiger partial charge is 0.464 e. The SMILES string of the molecule is COC(=O)c1ncncc1C(C)(C)C. The van der Waals surface area contributed by atoms with Gasteiger partial charge in [-0.3, -0.25) is 0 Å². The van der Waals surface area contributed by atoms with E-state index in [9.17, 15) is 4.79 Å². The lowest BCUT2D eigenvalue weighted by Crippen LogP contribution is -2.19. The van der Waals surface area contributed by atoms with Gasteiger partial charge in [0.25, 0.3) is 0 Å². The van der Waals surface area contributed by atoms with Crippen LogP contribution < -0.4 is 0 Å². The first-order chi connectivity index (χ1) is 6.46. The van der Waals surface area contributed by atoms with Crippen LogP contribution in [-0.4, -0.2) is 23.0 Å². The third-order valence-corrected chi connectivity index (χ3v) is 1.90. The summed E-state index contributed by atoms with van der Waals surface area (Å²) in [6.07, 6.45) is 3.00. The molecule has 0 radical (unpaired) electrons. The highest BCUT2D eigenvalue weighted by Gasteiger charge is 2.23. The molecule has 1 aromatic heterocycles. The lowest BCUT2D eigenvalue weighted by atomic mass is 9.87. The lowest BCUT2D eigenvalue weighted by molar-refractivity contribution is 0.0590. The van der Waals surface area contributed by atoms with Gasteiger partial charge in [0.15, 0.2) is 5.69 Å². The van der Waals surface area contributed by atoms with Crippen molar-refractivity contribution >= 4 is 5.97 Å². The highest BCUT2D eigenvalue weighted by molar-refractivity contribution is 5.88. The number of esters is 1. The maximum Gasteiger partial charge on any atom is 0.357 e. The van der Waals surface area contributed by atoms with Crippen LogP contribution in [0.4, 0.5) is 0 Å². The van der Waals surface area contributed by atoms with Crippen molar-refractivity contribution in [3.8, 4) is 0 Å². The fourth-order valence-corrected chi connectivity index (χ4v) is 1.14. The molecule has 4 heteroatoms. The van der Waals surface area contributed by atoms with Crippen molar-refractivity contribution in [3.05, 3.63) is 23.8 Å². The predicted octanol–water partition coefficient (Wildman–Crippen LogP) is 1.56. The minimum atomic E-state index is -0.419. The van der Waals surface area contributed by atoms with Gasteiger partial charge in [-0.25, -0.2) is 14.8 Å². The van der Waals surface area contributed by atoms with Gasteiger partial charge in [-0.05, 0) is 5.41 Å². The minimum absolute atomic E-state index is 0.162. The van der Waals surface area contributed by atoms with Gasteiger partial charge in [-0.1, -0.05) is 20.8 Å². The first-order valence-corrected chi connectivity index (χ1v) is 4.35. The molecule has 76 valence electrons. The van der Waals surface area contributed by atoms with Crippen molar-refractivity contribution in [2.75, 3.05) is 7.11 Å². The number of aromatic nitrogens is 2. The predicted molar refractivity (Wildman–Crippen MR) is 52.1 cm³/mol. The smallest absolute Gasteiger partial charge is 0.357 e. The second kappa shape index (κ2) is 3.74. The zero-order valence-corrected chi connectivity index (χ0v) is 8.87. The number of carbonyl (C=O) groups is 1. The van der Waals surface area contributed by atoms with E-state index in [1.54, 1.807) is 6.20 Å². The standard InChI is InChI=1S/C10H14N2O2/c1-10(2,3)7-5-11-6-12-8(7)9(13)14-4/h5-6H,1-4H3. The van der Waals surface area contributed by atoms with Crippen LogP contribution in [0.1, 0.15) is 36.8 Å². The van der Waals surface area contributed by atoms with Crippen LogP contribution in [0.3, 0.4) is 0 Å². The van der Waals surface area contributed by atoms with Crippen molar-refractivity contribution in [1.82, 2.24) is 9.97 Å². The minimum Gasteiger partial charge on any atom is -0.464 e. The second-order valence-corrected chi connectivity index (χ2v) is 4.03. The summed E-state index contributed by atoms with van der Waals surface area (Å²) in [5.41, 5.74) is 0.979. The summed E-state index contributed by atoms with van der Waals surface area (Å²) >= 11 is 0. The van der Waals surface area contributed by atoms with Crippen LogP contribution >= 0.6 is 0 Å². The summed E-state index contributed by atoms with van der Waals surface area (Å²) in [7, 11) is 1.34. The molecular formula is C10H14N2O2. The lowest BCUT2D eigenvalue weighted by Gasteiger charge is -2.19. The van der Waals surface area contributed by atoms with Gasteiger partial charge in [-0.2, -0.15) is 0 Å². The van der Waals surface area contributed by atoms with Gasteiger partial charge in [0.05, 0.1) is 7.11 Å². The molecule has 0 spiro atoms. The van der Waals surface area contributed by atoms with Crippen molar-refractivity contribution in [1.29, 1.82) is 0 Å². The van der Waals surface area contributed by atoms with Crippen LogP contribution in [0.15, 0.2) is 12.5 Å². The second-order valence-electron chi connectivity index (χ2n) is 4.03. The van der Waals surface area contributed by atoms with E-state index in [4.69, 9.17) is 0 Å². The average Bonchev–Trinajstić information content (AvgIpc) is 2.15. The van der Waals surface area contributed by atoms with E-state index in [2.05, 4.69) is 14.7 Å². The van der Waals surface area contributed by atoms with Crippen LogP contribution in [0, 0.1) is 0 Å². The molecular weight excluding hydrogens is 180 g/mol. The quantitative estimate of drug-likeness (QED) is 0.636. The highest BCUT2D eigenvalue weighted by atomic mass is 16.5. The number of hydrogen-bond acceptors (Lipinski definition) is 4. The molecule has 0 unspecified atom stereocenters. The van der Waals surface area contributed by atoms with Gasteiger partial charge in [0, 0.05) is 11.8 Å². The maximum absolute atomic E-state index is 11.4. The molecule has 0 saturated heterocycles. The molecule has 1 rings (SSSR count). The third-order valence-electron chi connectivity index (χ3n) is 1.90. The van der Waals surface area contributed by atoms with Gasteiger partial charge in [0.1, 0.15) is 6.33 Å². The van der Waals surface area contributed by atoms with Crippen LogP contribution in [0.2, 0.25) is 0 Å². The molecule has 0 atom stereocenters. The Morgan fingerprint density at radius 3 is 2.57 bits per heavy atom. The summed E-state index contributed by atoms with van der Waals surface area (Å²) in [4.78, 5) is 19.2. The molecule has 0 bridgehead atoms. The summed E-state index contributed by atoms with van der Waals surface area (Å²) in [6.45, 7) is 5.99. The van der Waals surface area contributed by atoms with E-state index >= 15 is 0 Å². The molecule has 0 aliphatic rings. The van der Waals surface area contributed by atoms with Crippen LogP contribution in [0.5, 0.6) is 0 Å². The van der Waals surface area contributed by atoms with E-state index in [0.717, 1.165) is 5.56 Å². The molecule has 0 N–H and O–H groups in total. The summed E-state index contributed by atoms with van der Waals surface area (Å²) in [5, 5.41) is 0. The third kappa shape index (κ3) is 2.07. The monoisotopic (exact) mass is 194 g/mol.